The van der Waals surface area contributed by atoms with Crippen molar-refractivity contribution >= 4 is 17.3 Å². The Kier molecular flexibility index (Phi) is 5.06. The molecule has 0 atom stereocenters. The summed E-state index contributed by atoms with van der Waals surface area (Å²) < 4.78 is 4.62. The van der Waals surface area contributed by atoms with Crippen molar-refractivity contribution < 1.29 is 9.53 Å². The van der Waals surface area contributed by atoms with Gasteiger partial charge in [-0.3, -0.25) is 4.98 Å². The highest BCUT2D eigenvalue weighted by atomic mass is 32.1. The Hall–Kier alpha value is -1.72. The lowest BCUT2D eigenvalue weighted by molar-refractivity contribution is 0.0600. The minimum Gasteiger partial charge on any atom is -0.465 e. The van der Waals surface area contributed by atoms with Gasteiger partial charge in [0.05, 0.1) is 18.4 Å². The summed E-state index contributed by atoms with van der Waals surface area (Å²) in [5, 5.41) is 7.57. The normalized spacial score (nSPS) is 10.4. The van der Waals surface area contributed by atoms with Crippen molar-refractivity contribution in [3.05, 3.63) is 52.0 Å². The number of ether oxygens (including phenoxy) is 1. The number of methoxy groups -OCH3 is 1. The number of rotatable bonds is 6. The van der Waals surface area contributed by atoms with E-state index in [9.17, 15) is 4.79 Å². The molecule has 5 heteroatoms. The number of nitrogens with one attached hydrogen (secondary N) is 1. The minimum atomic E-state index is -0.357. The van der Waals surface area contributed by atoms with Crippen LogP contribution >= 0.6 is 11.3 Å². The van der Waals surface area contributed by atoms with Crippen LogP contribution in [-0.2, 0) is 17.7 Å². The number of pyridine rings is 1. The van der Waals surface area contributed by atoms with Crippen molar-refractivity contribution in [1.29, 1.82) is 0 Å². The Balaban J connectivity index is 1.75. The molecule has 19 heavy (non-hydrogen) atoms. The van der Waals surface area contributed by atoms with E-state index in [4.69, 9.17) is 0 Å². The van der Waals surface area contributed by atoms with Crippen LogP contribution < -0.4 is 5.32 Å². The fourth-order valence-electron chi connectivity index (χ4n) is 1.65. The summed E-state index contributed by atoms with van der Waals surface area (Å²) in [6.45, 7) is 1.61. The summed E-state index contributed by atoms with van der Waals surface area (Å²) >= 11 is 1.72. The molecule has 0 unspecified atom stereocenters. The highest BCUT2D eigenvalue weighted by molar-refractivity contribution is 7.07. The predicted molar refractivity (Wildman–Crippen MR) is 75.3 cm³/mol. The molecule has 100 valence electrons. The summed E-state index contributed by atoms with van der Waals surface area (Å²) in [6.07, 6.45) is 2.56. The number of esters is 1. The molecule has 0 aliphatic rings. The fraction of sp³-hybridized carbons (Fsp3) is 0.286. The van der Waals surface area contributed by atoms with Gasteiger partial charge in [-0.05, 0) is 47.5 Å². The first-order valence-electron chi connectivity index (χ1n) is 6.04. The molecule has 2 aromatic rings. The summed E-state index contributed by atoms with van der Waals surface area (Å²) in [7, 11) is 1.36. The van der Waals surface area contributed by atoms with E-state index in [1.807, 2.05) is 6.07 Å². The molecule has 0 spiro atoms. The van der Waals surface area contributed by atoms with Gasteiger partial charge in [0.2, 0.25) is 0 Å². The van der Waals surface area contributed by atoms with Crippen molar-refractivity contribution in [3.63, 3.8) is 0 Å². The fourth-order valence-corrected chi connectivity index (χ4v) is 2.35. The molecule has 0 amide bonds. The average molecular weight is 276 g/mol. The third-order valence-electron chi connectivity index (χ3n) is 2.72. The largest absolute Gasteiger partial charge is 0.465 e. The van der Waals surface area contributed by atoms with Crippen molar-refractivity contribution in [3.8, 4) is 0 Å². The molecule has 0 aromatic carbocycles. The molecule has 0 bridgehead atoms. The molecule has 0 fully saturated rings. The van der Waals surface area contributed by atoms with Gasteiger partial charge in [0, 0.05) is 12.7 Å². The summed E-state index contributed by atoms with van der Waals surface area (Å²) in [4.78, 5) is 15.5. The number of hydrogen-bond acceptors (Lipinski definition) is 5. The van der Waals surface area contributed by atoms with E-state index < -0.39 is 0 Å². The van der Waals surface area contributed by atoms with Crippen LogP contribution in [0.15, 0.2) is 35.2 Å². The van der Waals surface area contributed by atoms with Gasteiger partial charge in [0.1, 0.15) is 0 Å². The molecule has 0 radical (unpaired) electrons. The van der Waals surface area contributed by atoms with Crippen molar-refractivity contribution in [2.75, 3.05) is 13.7 Å². The Morgan fingerprint density at radius 3 is 2.95 bits per heavy atom. The van der Waals surface area contributed by atoms with Crippen molar-refractivity contribution in [2.24, 2.45) is 0 Å². The lowest BCUT2D eigenvalue weighted by Gasteiger charge is -2.04. The Morgan fingerprint density at radius 2 is 2.32 bits per heavy atom. The second kappa shape index (κ2) is 7.01. The highest BCUT2D eigenvalue weighted by Crippen LogP contribution is 2.06. The quantitative estimate of drug-likeness (QED) is 0.649. The van der Waals surface area contributed by atoms with Gasteiger partial charge in [-0.2, -0.15) is 11.3 Å². The number of carbonyl (C=O) groups is 1. The molecule has 0 saturated carbocycles. The molecule has 2 aromatic heterocycles. The number of nitrogens with zero attached hydrogens (tertiary/aromatic N) is 1. The molecule has 2 heterocycles. The maximum Gasteiger partial charge on any atom is 0.339 e. The summed E-state index contributed by atoms with van der Waals surface area (Å²) in [5.74, 6) is -0.357. The van der Waals surface area contributed by atoms with E-state index in [-0.39, 0.29) is 5.97 Å². The lowest BCUT2D eigenvalue weighted by Crippen LogP contribution is -2.17. The average Bonchev–Trinajstić information content (AvgIpc) is 2.96. The molecular weight excluding hydrogens is 260 g/mol. The van der Waals surface area contributed by atoms with E-state index in [1.165, 1.54) is 12.7 Å². The monoisotopic (exact) mass is 276 g/mol. The van der Waals surface area contributed by atoms with Gasteiger partial charge in [-0.25, -0.2) is 4.79 Å². The Bertz CT molecular complexity index is 509. The lowest BCUT2D eigenvalue weighted by atomic mass is 10.2. The molecule has 4 nitrogen and oxygen atoms in total. The first-order valence-corrected chi connectivity index (χ1v) is 6.99. The number of aromatic nitrogens is 1. The molecule has 0 aliphatic heterocycles. The van der Waals surface area contributed by atoms with Crippen LogP contribution in [0.3, 0.4) is 0 Å². The van der Waals surface area contributed by atoms with Crippen LogP contribution in [0, 0.1) is 0 Å². The Labute approximate surface area is 116 Å². The van der Waals surface area contributed by atoms with Gasteiger partial charge < -0.3 is 10.1 Å². The molecule has 1 N–H and O–H groups in total. The predicted octanol–water partition coefficient (Wildman–Crippen LogP) is 2.26. The molecule has 0 aliphatic carbocycles. The van der Waals surface area contributed by atoms with E-state index in [0.29, 0.717) is 12.1 Å². The third kappa shape index (κ3) is 4.15. The molecule has 0 saturated heterocycles. The van der Waals surface area contributed by atoms with E-state index in [0.717, 1.165) is 18.7 Å². The van der Waals surface area contributed by atoms with Gasteiger partial charge >= 0.3 is 5.97 Å². The van der Waals surface area contributed by atoms with E-state index >= 15 is 0 Å². The topological polar surface area (TPSA) is 51.2 Å². The minimum absolute atomic E-state index is 0.357. The van der Waals surface area contributed by atoms with Gasteiger partial charge in [-0.15, -0.1) is 0 Å². The third-order valence-corrected chi connectivity index (χ3v) is 3.45. The van der Waals surface area contributed by atoms with E-state index in [2.05, 4.69) is 31.9 Å². The van der Waals surface area contributed by atoms with Crippen molar-refractivity contribution in [1.82, 2.24) is 10.3 Å². The van der Waals surface area contributed by atoms with Crippen LogP contribution in [-0.4, -0.2) is 24.6 Å². The summed E-state index contributed by atoms with van der Waals surface area (Å²) in [6, 6.07) is 5.70. The van der Waals surface area contributed by atoms with Crippen LogP contribution in [0.1, 0.15) is 21.6 Å². The zero-order chi connectivity index (χ0) is 13.5. The Morgan fingerprint density at radius 1 is 1.42 bits per heavy atom. The van der Waals surface area contributed by atoms with Crippen LogP contribution in [0.2, 0.25) is 0 Å². The second-order valence-electron chi connectivity index (χ2n) is 4.09. The maximum absolute atomic E-state index is 11.2. The molecule has 2 rings (SSSR count). The standard InChI is InChI=1S/C14H16N2O2S/c1-18-14(17)12-2-3-13(16-8-12)9-15-6-4-11-5-7-19-10-11/h2-3,5,7-8,10,15H,4,6,9H2,1H3. The zero-order valence-corrected chi connectivity index (χ0v) is 11.6. The van der Waals surface area contributed by atoms with Gasteiger partial charge in [0.25, 0.3) is 0 Å². The van der Waals surface area contributed by atoms with Gasteiger partial charge in [0.15, 0.2) is 0 Å². The number of carbonyl (C=O) groups excluding carboxylic acids is 1. The van der Waals surface area contributed by atoms with Crippen LogP contribution in [0.5, 0.6) is 0 Å². The van der Waals surface area contributed by atoms with Gasteiger partial charge in [-0.1, -0.05) is 0 Å². The SMILES string of the molecule is COC(=O)c1ccc(CNCCc2ccsc2)nc1. The number of thiophene rings is 1. The van der Waals surface area contributed by atoms with Crippen LogP contribution in [0.4, 0.5) is 0 Å². The zero-order valence-electron chi connectivity index (χ0n) is 10.8. The highest BCUT2D eigenvalue weighted by Gasteiger charge is 2.05. The first kappa shape index (κ1) is 13.7. The van der Waals surface area contributed by atoms with E-state index in [1.54, 1.807) is 23.6 Å². The van der Waals surface area contributed by atoms with Crippen LogP contribution in [0.25, 0.3) is 0 Å². The van der Waals surface area contributed by atoms with Crippen molar-refractivity contribution in [2.45, 2.75) is 13.0 Å². The number of hydrogen-bond donors (Lipinski definition) is 1. The summed E-state index contributed by atoms with van der Waals surface area (Å²) in [5.41, 5.74) is 2.74. The second-order valence-corrected chi connectivity index (χ2v) is 4.87. The maximum atomic E-state index is 11.2. The smallest absolute Gasteiger partial charge is 0.339 e. The molecular formula is C14H16N2O2S. The first-order chi connectivity index (χ1) is 9.29.